The number of hydrogen-bond acceptors (Lipinski definition) is 5. The van der Waals surface area contributed by atoms with Gasteiger partial charge in [0.1, 0.15) is 0 Å². The van der Waals surface area contributed by atoms with Crippen molar-refractivity contribution in [3.8, 4) is 0 Å². The molecule has 2 N–H and O–H groups in total. The Balaban J connectivity index is 1.66. The van der Waals surface area contributed by atoms with Crippen LogP contribution in [0.3, 0.4) is 0 Å². The Labute approximate surface area is 181 Å². The minimum atomic E-state index is -3.58. The maximum absolute atomic E-state index is 12.6. The molecule has 1 heterocycles. The summed E-state index contributed by atoms with van der Waals surface area (Å²) in [5.41, 5.74) is 2.23. The summed E-state index contributed by atoms with van der Waals surface area (Å²) in [5.74, 6) is 2.09. The van der Waals surface area contributed by atoms with Crippen LogP contribution < -0.4 is 10.0 Å². The first-order valence-corrected chi connectivity index (χ1v) is 13.3. The number of benzene rings is 2. The van der Waals surface area contributed by atoms with Gasteiger partial charge in [-0.2, -0.15) is 0 Å². The zero-order valence-electron chi connectivity index (χ0n) is 16.4. The fourth-order valence-corrected chi connectivity index (χ4v) is 6.90. The second-order valence-corrected chi connectivity index (χ2v) is 11.3. The van der Waals surface area contributed by atoms with Crippen molar-refractivity contribution in [2.24, 2.45) is 0 Å². The van der Waals surface area contributed by atoms with Crippen molar-refractivity contribution < 1.29 is 13.2 Å². The van der Waals surface area contributed by atoms with Gasteiger partial charge >= 0.3 is 0 Å². The monoisotopic (exact) mass is 450 g/mol. The number of rotatable bonds is 8. The summed E-state index contributed by atoms with van der Waals surface area (Å²) in [6.45, 7) is 2.41. The topological polar surface area (TPSA) is 75.3 Å². The quantitative estimate of drug-likeness (QED) is 0.560. The SMILES string of the molecule is CCCCNS(=O)(=O)c1cccc(NC(=O)c2ccc(C3SCCCS3)cc2)c1. The number of carbonyl (C=O) groups excluding carboxylic acids is 1. The van der Waals surface area contributed by atoms with Gasteiger partial charge in [-0.1, -0.05) is 31.5 Å². The van der Waals surface area contributed by atoms with E-state index in [1.54, 1.807) is 12.1 Å². The van der Waals surface area contributed by atoms with E-state index in [0.717, 1.165) is 12.8 Å². The number of nitrogens with one attached hydrogen (secondary N) is 2. The van der Waals surface area contributed by atoms with Gasteiger partial charge in [-0.15, -0.1) is 23.5 Å². The van der Waals surface area contributed by atoms with E-state index in [4.69, 9.17) is 0 Å². The standard InChI is InChI=1S/C21H26N2O3S3/c1-2-3-12-22-29(25,26)19-7-4-6-18(15-19)23-20(24)16-8-10-17(11-9-16)21-27-13-5-14-28-21/h4,6-11,15,21-22H,2-3,5,12-14H2,1H3,(H,23,24). The van der Waals surface area contributed by atoms with E-state index in [1.807, 2.05) is 54.7 Å². The molecule has 29 heavy (non-hydrogen) atoms. The van der Waals surface area contributed by atoms with Crippen LogP contribution in [0.4, 0.5) is 5.69 Å². The molecule has 156 valence electrons. The molecular formula is C21H26N2O3S3. The Morgan fingerprint density at radius 2 is 1.83 bits per heavy atom. The van der Waals surface area contributed by atoms with E-state index in [2.05, 4.69) is 10.0 Å². The zero-order valence-corrected chi connectivity index (χ0v) is 18.8. The zero-order chi connectivity index (χ0) is 20.7. The molecule has 0 atom stereocenters. The highest BCUT2D eigenvalue weighted by atomic mass is 32.2. The Hall–Kier alpha value is -1.48. The molecule has 1 amide bonds. The van der Waals surface area contributed by atoms with Gasteiger partial charge in [0.15, 0.2) is 0 Å². The van der Waals surface area contributed by atoms with Gasteiger partial charge in [0, 0.05) is 17.8 Å². The van der Waals surface area contributed by atoms with Crippen LogP contribution in [0.25, 0.3) is 0 Å². The molecule has 3 rings (SSSR count). The summed E-state index contributed by atoms with van der Waals surface area (Å²) in [4.78, 5) is 12.7. The number of sulfonamides is 1. The molecule has 0 saturated carbocycles. The minimum Gasteiger partial charge on any atom is -0.322 e. The largest absolute Gasteiger partial charge is 0.322 e. The summed E-state index contributed by atoms with van der Waals surface area (Å²) >= 11 is 3.89. The van der Waals surface area contributed by atoms with Crippen molar-refractivity contribution in [2.75, 3.05) is 23.4 Å². The van der Waals surface area contributed by atoms with E-state index < -0.39 is 10.0 Å². The van der Waals surface area contributed by atoms with Crippen LogP contribution in [0.2, 0.25) is 0 Å². The molecule has 8 heteroatoms. The molecule has 0 radical (unpaired) electrons. The van der Waals surface area contributed by atoms with Gasteiger partial charge < -0.3 is 5.32 Å². The summed E-state index contributed by atoms with van der Waals surface area (Å²) in [5, 5.41) is 2.80. The van der Waals surface area contributed by atoms with Gasteiger partial charge in [0.05, 0.1) is 9.48 Å². The highest BCUT2D eigenvalue weighted by Crippen LogP contribution is 2.43. The maximum atomic E-state index is 12.6. The molecule has 0 unspecified atom stereocenters. The Morgan fingerprint density at radius 3 is 2.52 bits per heavy atom. The lowest BCUT2D eigenvalue weighted by atomic mass is 10.1. The minimum absolute atomic E-state index is 0.146. The molecule has 0 spiro atoms. The lowest BCUT2D eigenvalue weighted by molar-refractivity contribution is 0.102. The van der Waals surface area contributed by atoms with Crippen LogP contribution in [0.1, 0.15) is 46.7 Å². The van der Waals surface area contributed by atoms with Crippen molar-refractivity contribution in [3.05, 3.63) is 59.7 Å². The number of hydrogen-bond donors (Lipinski definition) is 2. The van der Waals surface area contributed by atoms with E-state index >= 15 is 0 Å². The summed E-state index contributed by atoms with van der Waals surface area (Å²) < 4.78 is 27.8. The smallest absolute Gasteiger partial charge is 0.255 e. The van der Waals surface area contributed by atoms with Gasteiger partial charge in [-0.25, -0.2) is 13.1 Å². The van der Waals surface area contributed by atoms with Crippen LogP contribution in [-0.2, 0) is 10.0 Å². The van der Waals surface area contributed by atoms with Crippen LogP contribution in [0.5, 0.6) is 0 Å². The van der Waals surface area contributed by atoms with Gasteiger partial charge in [-0.3, -0.25) is 4.79 Å². The lowest BCUT2D eigenvalue weighted by Gasteiger charge is -2.21. The Morgan fingerprint density at radius 1 is 1.10 bits per heavy atom. The third kappa shape index (κ3) is 6.25. The molecule has 2 aromatic carbocycles. The fraction of sp³-hybridized carbons (Fsp3) is 0.381. The molecule has 2 aromatic rings. The van der Waals surface area contributed by atoms with Crippen molar-refractivity contribution in [1.29, 1.82) is 0 Å². The molecule has 0 aromatic heterocycles. The molecule has 0 aliphatic carbocycles. The second kappa shape index (κ2) is 10.5. The van der Waals surface area contributed by atoms with Crippen LogP contribution >= 0.6 is 23.5 Å². The number of carbonyl (C=O) groups is 1. The van der Waals surface area contributed by atoms with Crippen molar-refractivity contribution in [1.82, 2.24) is 4.72 Å². The molecule has 1 aliphatic rings. The summed E-state index contributed by atoms with van der Waals surface area (Å²) in [7, 11) is -3.58. The average molecular weight is 451 g/mol. The third-order valence-electron chi connectivity index (χ3n) is 4.50. The van der Waals surface area contributed by atoms with Gasteiger partial charge in [0.2, 0.25) is 10.0 Å². The molecule has 1 saturated heterocycles. The van der Waals surface area contributed by atoms with Crippen LogP contribution in [0.15, 0.2) is 53.4 Å². The molecule has 0 bridgehead atoms. The van der Waals surface area contributed by atoms with Gasteiger partial charge in [0.25, 0.3) is 5.91 Å². The average Bonchev–Trinajstić information content (AvgIpc) is 2.75. The molecule has 5 nitrogen and oxygen atoms in total. The maximum Gasteiger partial charge on any atom is 0.255 e. The van der Waals surface area contributed by atoms with Crippen molar-refractivity contribution in [3.63, 3.8) is 0 Å². The Bertz CT molecular complexity index is 924. The highest BCUT2D eigenvalue weighted by molar-refractivity contribution is 8.16. The van der Waals surface area contributed by atoms with E-state index in [9.17, 15) is 13.2 Å². The second-order valence-electron chi connectivity index (χ2n) is 6.78. The number of amides is 1. The highest BCUT2D eigenvalue weighted by Gasteiger charge is 2.18. The predicted octanol–water partition coefficient (Wildman–Crippen LogP) is 4.89. The number of unbranched alkanes of at least 4 members (excludes halogenated alkanes) is 1. The third-order valence-corrected chi connectivity index (χ3v) is 8.97. The molecule has 1 aliphatic heterocycles. The summed E-state index contributed by atoms with van der Waals surface area (Å²) in [6.07, 6.45) is 2.94. The van der Waals surface area contributed by atoms with E-state index in [0.29, 0.717) is 22.4 Å². The number of anilines is 1. The van der Waals surface area contributed by atoms with E-state index in [-0.39, 0.29) is 10.8 Å². The van der Waals surface area contributed by atoms with Crippen molar-refractivity contribution in [2.45, 2.75) is 35.7 Å². The van der Waals surface area contributed by atoms with Gasteiger partial charge in [-0.05, 0) is 60.2 Å². The molecular weight excluding hydrogens is 424 g/mol. The molecule has 1 fully saturated rings. The number of thioether (sulfide) groups is 2. The normalized spacial score (nSPS) is 15.2. The summed E-state index contributed by atoms with van der Waals surface area (Å²) in [6, 6.07) is 14.0. The predicted molar refractivity (Wildman–Crippen MR) is 123 cm³/mol. The first-order chi connectivity index (χ1) is 14.0. The fourth-order valence-electron chi connectivity index (χ4n) is 2.88. The van der Waals surface area contributed by atoms with Crippen molar-refractivity contribution >= 4 is 45.1 Å². The first-order valence-electron chi connectivity index (χ1n) is 9.74. The van der Waals surface area contributed by atoms with Crippen LogP contribution in [-0.4, -0.2) is 32.4 Å². The van der Waals surface area contributed by atoms with E-state index in [1.165, 1.54) is 35.6 Å². The lowest BCUT2D eigenvalue weighted by Crippen LogP contribution is -2.24. The Kier molecular flexibility index (Phi) is 8.06. The van der Waals surface area contributed by atoms with Crippen LogP contribution in [0, 0.1) is 0 Å². The first kappa shape index (κ1) is 22.2.